The highest BCUT2D eigenvalue weighted by atomic mass is 35.5. The molecule has 2 heterocycles. The van der Waals surface area contributed by atoms with Gasteiger partial charge in [-0.15, -0.1) is 10.2 Å². The van der Waals surface area contributed by atoms with E-state index in [2.05, 4.69) is 20.5 Å². The molecule has 0 spiro atoms. The van der Waals surface area contributed by atoms with Crippen molar-refractivity contribution in [3.63, 3.8) is 0 Å². The molecule has 5 nitrogen and oxygen atoms in total. The molecular weight excluding hydrogens is 463 g/mol. The third kappa shape index (κ3) is 4.63. The predicted octanol–water partition coefficient (Wildman–Crippen LogP) is 6.97. The number of hydrogen-bond donors (Lipinski definition) is 1. The molecule has 1 fully saturated rings. The van der Waals surface area contributed by atoms with Gasteiger partial charge in [-0.05, 0) is 68.1 Å². The number of nitrogens with zero attached hydrogens (tertiary/aromatic N) is 3. The maximum atomic E-state index is 12.8. The Morgan fingerprint density at radius 2 is 1.66 bits per heavy atom. The van der Waals surface area contributed by atoms with E-state index < -0.39 is 0 Å². The average Bonchev–Trinajstić information content (AvgIpc) is 3.30. The molecule has 0 saturated heterocycles. The van der Waals surface area contributed by atoms with E-state index in [1.54, 1.807) is 17.4 Å². The lowest BCUT2D eigenvalue weighted by Crippen LogP contribution is -2.27. The zero-order valence-corrected chi connectivity index (χ0v) is 19.4. The Morgan fingerprint density at radius 3 is 2.44 bits per heavy atom. The van der Waals surface area contributed by atoms with Crippen molar-refractivity contribution in [3.8, 4) is 10.6 Å². The van der Waals surface area contributed by atoms with Crippen LogP contribution < -0.4 is 5.32 Å². The Bertz CT molecular complexity index is 1270. The summed E-state index contributed by atoms with van der Waals surface area (Å²) in [6.07, 6.45) is 3.51. The summed E-state index contributed by atoms with van der Waals surface area (Å²) >= 11 is 13.6. The smallest absolute Gasteiger partial charge is 0.228 e. The number of aromatic nitrogens is 3. The second kappa shape index (κ2) is 9.14. The fourth-order valence-electron chi connectivity index (χ4n) is 4.11. The van der Waals surface area contributed by atoms with E-state index in [-0.39, 0.29) is 11.8 Å². The largest absolute Gasteiger partial charge is 0.310 e. The van der Waals surface area contributed by atoms with E-state index in [9.17, 15) is 4.79 Å². The van der Waals surface area contributed by atoms with E-state index in [0.717, 1.165) is 52.2 Å². The monoisotopic (exact) mass is 482 g/mol. The van der Waals surface area contributed by atoms with Gasteiger partial charge >= 0.3 is 0 Å². The van der Waals surface area contributed by atoms with Crippen molar-refractivity contribution in [1.29, 1.82) is 0 Å². The van der Waals surface area contributed by atoms with Crippen LogP contribution in [0.1, 0.15) is 36.6 Å². The molecule has 0 radical (unpaired) electrons. The minimum Gasteiger partial charge on any atom is -0.310 e. The van der Waals surface area contributed by atoms with Crippen molar-refractivity contribution in [2.45, 2.75) is 31.6 Å². The molecule has 0 unspecified atom stereocenters. The van der Waals surface area contributed by atoms with Crippen molar-refractivity contribution < 1.29 is 4.79 Å². The summed E-state index contributed by atoms with van der Waals surface area (Å²) in [6, 6.07) is 16.9. The molecule has 162 valence electrons. The van der Waals surface area contributed by atoms with E-state index in [0.29, 0.717) is 21.8 Å². The molecule has 2 aromatic carbocycles. The molecule has 1 N–H and O–H groups in total. The van der Waals surface area contributed by atoms with E-state index in [4.69, 9.17) is 23.2 Å². The lowest BCUT2D eigenvalue weighted by Gasteiger charge is -2.26. The van der Waals surface area contributed by atoms with Crippen LogP contribution in [0.5, 0.6) is 0 Å². The van der Waals surface area contributed by atoms with Gasteiger partial charge in [-0.1, -0.05) is 46.7 Å². The number of halogens is 2. The Hall–Kier alpha value is -2.54. The summed E-state index contributed by atoms with van der Waals surface area (Å²) in [5, 5.41) is 16.0. The number of pyridine rings is 1. The van der Waals surface area contributed by atoms with Crippen LogP contribution in [0.2, 0.25) is 10.0 Å². The van der Waals surface area contributed by atoms with E-state index >= 15 is 0 Å². The van der Waals surface area contributed by atoms with Gasteiger partial charge in [-0.2, -0.15) is 0 Å². The average molecular weight is 483 g/mol. The highest BCUT2D eigenvalue weighted by molar-refractivity contribution is 7.14. The second-order valence-electron chi connectivity index (χ2n) is 8.02. The highest BCUT2D eigenvalue weighted by Gasteiger charge is 2.29. The molecule has 32 heavy (non-hydrogen) atoms. The molecule has 4 aromatic rings. The van der Waals surface area contributed by atoms with Gasteiger partial charge in [-0.3, -0.25) is 4.79 Å². The van der Waals surface area contributed by atoms with Crippen LogP contribution in [0.3, 0.4) is 0 Å². The molecule has 1 amide bonds. The van der Waals surface area contributed by atoms with Gasteiger partial charge in [-0.25, -0.2) is 4.98 Å². The third-order valence-corrected chi connectivity index (χ3v) is 7.50. The first kappa shape index (κ1) is 21.3. The highest BCUT2D eigenvalue weighted by Crippen LogP contribution is 2.39. The zero-order valence-electron chi connectivity index (χ0n) is 17.1. The van der Waals surface area contributed by atoms with Gasteiger partial charge in [0, 0.05) is 32.8 Å². The number of carbonyl (C=O) groups is 1. The Morgan fingerprint density at radius 1 is 0.906 bits per heavy atom. The fraction of sp³-hybridized carbons (Fsp3) is 0.250. The van der Waals surface area contributed by atoms with Crippen molar-refractivity contribution in [1.82, 2.24) is 15.2 Å². The van der Waals surface area contributed by atoms with Gasteiger partial charge in [0.15, 0.2) is 0 Å². The summed E-state index contributed by atoms with van der Waals surface area (Å²) in [7, 11) is 0. The molecule has 1 aliphatic rings. The summed E-state index contributed by atoms with van der Waals surface area (Å²) in [5.74, 6) is 0.936. The van der Waals surface area contributed by atoms with Gasteiger partial charge in [0.25, 0.3) is 0 Å². The molecule has 0 atom stereocenters. The van der Waals surface area contributed by atoms with Crippen molar-refractivity contribution in [2.24, 2.45) is 5.92 Å². The number of anilines is 1. The number of benzene rings is 2. The SMILES string of the molecule is O=C(Nc1ccc2cc(Cl)ccc2n1)[C@H]1CC[C@H](c2nnc(-c3ccc(Cl)cc3)s2)CC1. The molecule has 5 rings (SSSR count). The molecule has 0 bridgehead atoms. The lowest BCUT2D eigenvalue weighted by atomic mass is 9.82. The second-order valence-corrected chi connectivity index (χ2v) is 9.91. The van der Waals surface area contributed by atoms with Crippen LogP contribution in [0.25, 0.3) is 21.5 Å². The number of nitrogens with one attached hydrogen (secondary N) is 1. The van der Waals surface area contributed by atoms with Gasteiger partial charge in [0.05, 0.1) is 5.52 Å². The molecular formula is C24H20Cl2N4OS. The number of fused-ring (bicyclic) bond motifs is 1. The van der Waals surface area contributed by atoms with Gasteiger partial charge in [0.1, 0.15) is 15.8 Å². The Labute approximate surface area is 199 Å². The standard InChI is InChI=1S/C24H20Cl2N4OS/c25-18-8-5-16(6-9-18)24-30-29-23(32-24)15-3-1-14(2-4-15)22(31)28-21-12-7-17-13-19(26)10-11-20(17)27-21/h5-15H,1-4H2,(H,27,28,31)/t14-,15-. The Balaban J connectivity index is 1.20. The molecule has 1 saturated carbocycles. The predicted molar refractivity (Wildman–Crippen MR) is 130 cm³/mol. The Kier molecular flexibility index (Phi) is 6.09. The topological polar surface area (TPSA) is 67.8 Å². The van der Waals surface area contributed by atoms with Crippen LogP contribution in [0.4, 0.5) is 5.82 Å². The van der Waals surface area contributed by atoms with Crippen LogP contribution in [0, 0.1) is 5.92 Å². The first-order chi connectivity index (χ1) is 15.5. The summed E-state index contributed by atoms with van der Waals surface area (Å²) < 4.78 is 0. The van der Waals surface area contributed by atoms with Crippen LogP contribution in [0.15, 0.2) is 54.6 Å². The van der Waals surface area contributed by atoms with Gasteiger partial charge < -0.3 is 5.32 Å². The number of carbonyl (C=O) groups excluding carboxylic acids is 1. The number of hydrogen-bond acceptors (Lipinski definition) is 5. The van der Waals surface area contributed by atoms with Gasteiger partial charge in [0.2, 0.25) is 5.91 Å². The zero-order chi connectivity index (χ0) is 22.1. The van der Waals surface area contributed by atoms with Crippen LogP contribution in [-0.2, 0) is 4.79 Å². The first-order valence-corrected chi connectivity index (χ1v) is 12.1. The van der Waals surface area contributed by atoms with Crippen LogP contribution in [-0.4, -0.2) is 21.1 Å². The third-order valence-electron chi connectivity index (χ3n) is 5.88. The van der Waals surface area contributed by atoms with Crippen molar-refractivity contribution >= 4 is 57.2 Å². The fourth-order valence-corrected chi connectivity index (χ4v) is 5.43. The minimum atomic E-state index is -0.0161. The van der Waals surface area contributed by atoms with Crippen molar-refractivity contribution in [2.75, 3.05) is 5.32 Å². The number of amides is 1. The molecule has 0 aliphatic heterocycles. The number of rotatable bonds is 4. The first-order valence-electron chi connectivity index (χ1n) is 10.5. The molecule has 8 heteroatoms. The maximum Gasteiger partial charge on any atom is 0.228 e. The summed E-state index contributed by atoms with van der Waals surface area (Å²) in [6.45, 7) is 0. The summed E-state index contributed by atoms with van der Waals surface area (Å²) in [5.41, 5.74) is 1.83. The minimum absolute atomic E-state index is 0.0161. The van der Waals surface area contributed by atoms with E-state index in [1.165, 1.54) is 0 Å². The summed E-state index contributed by atoms with van der Waals surface area (Å²) in [4.78, 5) is 17.3. The van der Waals surface area contributed by atoms with Crippen molar-refractivity contribution in [3.05, 3.63) is 69.7 Å². The maximum absolute atomic E-state index is 12.8. The molecule has 1 aliphatic carbocycles. The normalized spacial score (nSPS) is 18.6. The quantitative estimate of drug-likeness (QED) is 0.340. The molecule has 2 aromatic heterocycles. The van der Waals surface area contributed by atoms with Crippen LogP contribution >= 0.6 is 34.5 Å². The van der Waals surface area contributed by atoms with E-state index in [1.807, 2.05) is 48.5 Å². The lowest BCUT2D eigenvalue weighted by molar-refractivity contribution is -0.120.